The van der Waals surface area contributed by atoms with Crippen LogP contribution in [0.15, 0.2) is 36.4 Å². The number of hydrogen-bond donors (Lipinski definition) is 2. The van der Waals surface area contributed by atoms with Gasteiger partial charge >= 0.3 is 0 Å². The Labute approximate surface area is 141 Å². The van der Waals surface area contributed by atoms with Crippen molar-refractivity contribution in [3.63, 3.8) is 0 Å². The lowest BCUT2D eigenvalue weighted by atomic mass is 9.95. The van der Waals surface area contributed by atoms with Gasteiger partial charge in [-0.3, -0.25) is 0 Å². The van der Waals surface area contributed by atoms with Gasteiger partial charge in [0.1, 0.15) is 5.75 Å². The zero-order valence-electron chi connectivity index (χ0n) is 14.6. The standard InChI is InChI=1S/C20H27O2P/c1-6-20(5,17-12-14(3)7-9-18(17)22)23-19-10-8-13(2)11-16(19)15(4)21/h7-12,15,21-23H,6H2,1-5H3. The largest absolute Gasteiger partial charge is 0.508 e. The Kier molecular flexibility index (Phi) is 5.49. The van der Waals surface area contributed by atoms with Crippen molar-refractivity contribution < 1.29 is 10.2 Å². The molecule has 0 aromatic heterocycles. The van der Waals surface area contributed by atoms with E-state index in [1.165, 1.54) is 5.30 Å². The smallest absolute Gasteiger partial charge is 0.119 e. The molecule has 3 heteroatoms. The fraction of sp³-hybridized carbons (Fsp3) is 0.400. The maximum absolute atomic E-state index is 10.4. The van der Waals surface area contributed by atoms with E-state index in [1.54, 1.807) is 6.07 Å². The first-order valence-corrected chi connectivity index (χ1v) is 9.13. The molecule has 2 N–H and O–H groups in total. The van der Waals surface area contributed by atoms with Crippen LogP contribution in [-0.2, 0) is 5.16 Å². The molecule has 3 atom stereocenters. The third kappa shape index (κ3) is 3.94. The average Bonchev–Trinajstić information content (AvgIpc) is 2.51. The van der Waals surface area contributed by atoms with E-state index in [0.717, 1.165) is 28.7 Å². The molecule has 0 saturated heterocycles. The molecular formula is C20H27O2P. The zero-order valence-corrected chi connectivity index (χ0v) is 15.6. The summed E-state index contributed by atoms with van der Waals surface area (Å²) in [7, 11) is 0.487. The minimum atomic E-state index is -0.482. The van der Waals surface area contributed by atoms with Crippen molar-refractivity contribution in [3.05, 3.63) is 58.7 Å². The summed E-state index contributed by atoms with van der Waals surface area (Å²) >= 11 is 0. The first-order valence-electron chi connectivity index (χ1n) is 8.13. The van der Waals surface area contributed by atoms with Crippen molar-refractivity contribution >= 4 is 13.9 Å². The highest BCUT2D eigenvalue weighted by Crippen LogP contribution is 2.47. The molecule has 2 nitrogen and oxygen atoms in total. The van der Waals surface area contributed by atoms with Crippen LogP contribution >= 0.6 is 8.58 Å². The third-order valence-corrected chi connectivity index (χ3v) is 6.42. The zero-order chi connectivity index (χ0) is 17.2. The molecule has 2 aromatic rings. The summed E-state index contributed by atoms with van der Waals surface area (Å²) in [6.45, 7) is 10.3. The Morgan fingerprint density at radius 3 is 2.30 bits per heavy atom. The fourth-order valence-electron chi connectivity index (χ4n) is 2.88. The van der Waals surface area contributed by atoms with Crippen LogP contribution in [0.25, 0.3) is 0 Å². The fourth-order valence-corrected chi connectivity index (χ4v) is 4.58. The Hall–Kier alpha value is -1.37. The van der Waals surface area contributed by atoms with E-state index >= 15 is 0 Å². The maximum atomic E-state index is 10.4. The molecule has 2 aromatic carbocycles. The lowest BCUT2D eigenvalue weighted by molar-refractivity contribution is 0.200. The van der Waals surface area contributed by atoms with Gasteiger partial charge in [-0.25, -0.2) is 0 Å². The molecule has 0 spiro atoms. The second kappa shape index (κ2) is 7.03. The van der Waals surface area contributed by atoms with Crippen LogP contribution in [0.5, 0.6) is 5.75 Å². The number of aliphatic hydroxyl groups excluding tert-OH is 1. The van der Waals surface area contributed by atoms with E-state index in [1.807, 2.05) is 19.9 Å². The van der Waals surface area contributed by atoms with Crippen molar-refractivity contribution in [3.8, 4) is 5.75 Å². The number of benzene rings is 2. The SMILES string of the molecule is CCC(C)(Pc1ccc(C)cc1C(C)O)c1cc(C)ccc1O. The van der Waals surface area contributed by atoms with Gasteiger partial charge in [-0.1, -0.05) is 63.9 Å². The van der Waals surface area contributed by atoms with Crippen LogP contribution in [0.3, 0.4) is 0 Å². The molecular weight excluding hydrogens is 303 g/mol. The minimum absolute atomic E-state index is 0.144. The van der Waals surface area contributed by atoms with Gasteiger partial charge < -0.3 is 10.2 Å². The van der Waals surface area contributed by atoms with Gasteiger partial charge in [0.25, 0.3) is 0 Å². The average molecular weight is 330 g/mol. The van der Waals surface area contributed by atoms with Crippen molar-refractivity contribution in [1.82, 2.24) is 0 Å². The Morgan fingerprint density at radius 2 is 1.70 bits per heavy atom. The summed E-state index contributed by atoms with van der Waals surface area (Å²) in [4.78, 5) is 0. The summed E-state index contributed by atoms with van der Waals surface area (Å²) in [5.41, 5.74) is 4.30. The van der Waals surface area contributed by atoms with E-state index < -0.39 is 6.10 Å². The highest BCUT2D eigenvalue weighted by molar-refractivity contribution is 7.48. The van der Waals surface area contributed by atoms with Crippen LogP contribution in [0.1, 0.15) is 55.5 Å². The molecule has 0 aliphatic carbocycles. The number of aryl methyl sites for hydroxylation is 2. The number of phenols is 1. The number of aromatic hydroxyl groups is 1. The number of hydrogen-bond acceptors (Lipinski definition) is 2. The van der Waals surface area contributed by atoms with Crippen LogP contribution in [0, 0.1) is 13.8 Å². The van der Waals surface area contributed by atoms with E-state index in [-0.39, 0.29) is 5.16 Å². The molecule has 0 amide bonds. The highest BCUT2D eigenvalue weighted by Gasteiger charge is 2.29. The monoisotopic (exact) mass is 330 g/mol. The topological polar surface area (TPSA) is 40.5 Å². The highest BCUT2D eigenvalue weighted by atomic mass is 31.1. The van der Waals surface area contributed by atoms with E-state index in [9.17, 15) is 10.2 Å². The van der Waals surface area contributed by atoms with Crippen LogP contribution in [0.2, 0.25) is 0 Å². The molecule has 3 unspecified atom stereocenters. The summed E-state index contributed by atoms with van der Waals surface area (Å²) in [6, 6.07) is 12.1. The number of phenolic OH excluding ortho intramolecular Hbond substituents is 1. The predicted molar refractivity (Wildman–Crippen MR) is 100 cm³/mol. The molecule has 2 rings (SSSR count). The lowest BCUT2D eigenvalue weighted by Gasteiger charge is -2.31. The second-order valence-corrected chi connectivity index (χ2v) is 8.49. The Balaban J connectivity index is 2.49. The van der Waals surface area contributed by atoms with Gasteiger partial charge in [-0.15, -0.1) is 0 Å². The van der Waals surface area contributed by atoms with Crippen LogP contribution in [0.4, 0.5) is 0 Å². The van der Waals surface area contributed by atoms with Gasteiger partial charge in [0, 0.05) is 10.7 Å². The molecule has 23 heavy (non-hydrogen) atoms. The van der Waals surface area contributed by atoms with Gasteiger partial charge in [-0.2, -0.15) is 0 Å². The molecule has 0 fully saturated rings. The van der Waals surface area contributed by atoms with E-state index in [2.05, 4.69) is 45.0 Å². The van der Waals surface area contributed by atoms with Gasteiger partial charge in [0.15, 0.2) is 0 Å². The predicted octanol–water partition coefficient (Wildman–Crippen LogP) is 4.69. The van der Waals surface area contributed by atoms with Crippen LogP contribution in [-0.4, -0.2) is 10.2 Å². The normalized spacial score (nSPS) is 15.7. The number of rotatable bonds is 5. The summed E-state index contributed by atoms with van der Waals surface area (Å²) < 4.78 is 0. The summed E-state index contributed by atoms with van der Waals surface area (Å²) in [6.07, 6.45) is 0.444. The Morgan fingerprint density at radius 1 is 1.09 bits per heavy atom. The lowest BCUT2D eigenvalue weighted by Crippen LogP contribution is -2.21. The van der Waals surface area contributed by atoms with Gasteiger partial charge in [-0.05, 0) is 44.1 Å². The molecule has 0 heterocycles. The quantitative estimate of drug-likeness (QED) is 0.781. The molecule has 0 aliphatic heterocycles. The van der Waals surface area contributed by atoms with Gasteiger partial charge in [0.2, 0.25) is 0 Å². The van der Waals surface area contributed by atoms with Crippen molar-refractivity contribution in [1.29, 1.82) is 0 Å². The minimum Gasteiger partial charge on any atom is -0.508 e. The first kappa shape index (κ1) is 18.0. The van der Waals surface area contributed by atoms with Crippen molar-refractivity contribution in [2.45, 2.75) is 52.3 Å². The summed E-state index contributed by atoms with van der Waals surface area (Å²) in [5.74, 6) is 0.359. The van der Waals surface area contributed by atoms with E-state index in [0.29, 0.717) is 14.3 Å². The molecule has 0 aliphatic rings. The van der Waals surface area contributed by atoms with Crippen LogP contribution < -0.4 is 5.30 Å². The maximum Gasteiger partial charge on any atom is 0.119 e. The number of aliphatic hydroxyl groups is 1. The molecule has 0 radical (unpaired) electrons. The van der Waals surface area contributed by atoms with E-state index in [4.69, 9.17) is 0 Å². The third-order valence-electron chi connectivity index (χ3n) is 4.52. The van der Waals surface area contributed by atoms with Crippen molar-refractivity contribution in [2.75, 3.05) is 0 Å². The van der Waals surface area contributed by atoms with Gasteiger partial charge in [0.05, 0.1) is 6.10 Å². The first-order chi connectivity index (χ1) is 10.8. The summed E-state index contributed by atoms with van der Waals surface area (Å²) in [5, 5.41) is 21.5. The van der Waals surface area contributed by atoms with Crippen molar-refractivity contribution in [2.24, 2.45) is 0 Å². The second-order valence-electron chi connectivity index (χ2n) is 6.60. The molecule has 0 bridgehead atoms. The molecule has 124 valence electrons. The Bertz CT molecular complexity index is 694. The molecule has 0 saturated carbocycles.